The Morgan fingerprint density at radius 1 is 1.09 bits per heavy atom. The van der Waals surface area contributed by atoms with Crippen molar-refractivity contribution in [2.75, 3.05) is 5.32 Å². The van der Waals surface area contributed by atoms with E-state index < -0.39 is 17.2 Å². The number of aryl methyl sites for hydroxylation is 2. The number of rotatable bonds is 6. The van der Waals surface area contributed by atoms with Crippen LogP contribution in [0.4, 0.5) is 5.69 Å². The van der Waals surface area contributed by atoms with E-state index in [2.05, 4.69) is 25.3 Å². The maximum absolute atomic E-state index is 13.4. The Labute approximate surface area is 200 Å². The average Bonchev–Trinajstić information content (AvgIpc) is 2.80. The van der Waals surface area contributed by atoms with Gasteiger partial charge in [-0.2, -0.15) is 0 Å². The molecule has 180 valence electrons. The van der Waals surface area contributed by atoms with E-state index in [1.54, 1.807) is 37.3 Å². The molecule has 35 heavy (non-hydrogen) atoms. The van der Waals surface area contributed by atoms with E-state index in [0.717, 1.165) is 0 Å². The number of carbonyl (C=O) groups excluding carboxylic acids is 1. The highest BCUT2D eigenvalue weighted by atomic mass is 16.2. The van der Waals surface area contributed by atoms with Crippen LogP contribution >= 0.6 is 0 Å². The van der Waals surface area contributed by atoms with Crippen molar-refractivity contribution < 1.29 is 4.79 Å². The molecule has 4 rings (SSSR count). The molecule has 0 aliphatic heterocycles. The van der Waals surface area contributed by atoms with E-state index >= 15 is 0 Å². The number of aromatic nitrogens is 5. The first kappa shape index (κ1) is 23.8. The number of fused-ring (bicyclic) bond motifs is 1. The van der Waals surface area contributed by atoms with E-state index in [1.165, 1.54) is 10.6 Å². The Balaban J connectivity index is 1.82. The quantitative estimate of drug-likeness (QED) is 0.392. The highest BCUT2D eigenvalue weighted by molar-refractivity contribution is 6.12. The number of carbonyl (C=O) groups is 1. The Kier molecular flexibility index (Phi) is 6.46. The number of anilines is 1. The first-order chi connectivity index (χ1) is 16.7. The van der Waals surface area contributed by atoms with Crippen LogP contribution in [0.2, 0.25) is 0 Å². The van der Waals surface area contributed by atoms with Crippen molar-refractivity contribution in [3.8, 4) is 11.4 Å². The summed E-state index contributed by atoms with van der Waals surface area (Å²) >= 11 is 0. The number of hydrogen-bond acceptors (Lipinski definition) is 6. The monoisotopic (exact) mass is 474 g/mol. The molecule has 10 nitrogen and oxygen atoms in total. The Bertz CT molecular complexity index is 1610. The largest absolute Gasteiger partial charge is 0.329 e. The molecule has 3 heterocycles. The summed E-state index contributed by atoms with van der Waals surface area (Å²) in [5.41, 5.74) is 1.03. The van der Waals surface area contributed by atoms with Gasteiger partial charge in [-0.05, 0) is 37.5 Å². The maximum Gasteiger partial charge on any atom is 0.329 e. The fourth-order valence-corrected chi connectivity index (χ4v) is 3.86. The number of H-pyrrole nitrogens is 2. The van der Waals surface area contributed by atoms with Gasteiger partial charge in [0.15, 0.2) is 5.65 Å². The van der Waals surface area contributed by atoms with E-state index in [4.69, 9.17) is 0 Å². The summed E-state index contributed by atoms with van der Waals surface area (Å²) in [6, 6.07) is 9.84. The zero-order chi connectivity index (χ0) is 25.3. The second-order valence-corrected chi connectivity index (χ2v) is 8.63. The summed E-state index contributed by atoms with van der Waals surface area (Å²) in [5, 5.41) is 2.88. The van der Waals surface area contributed by atoms with Gasteiger partial charge in [0.1, 0.15) is 5.82 Å². The number of nitrogens with zero attached hydrogens (tertiary/aromatic N) is 3. The van der Waals surface area contributed by atoms with Gasteiger partial charge < -0.3 is 10.3 Å². The fourth-order valence-electron chi connectivity index (χ4n) is 3.86. The van der Waals surface area contributed by atoms with Gasteiger partial charge in [0.2, 0.25) is 0 Å². The van der Waals surface area contributed by atoms with Crippen molar-refractivity contribution >= 4 is 22.6 Å². The third-order valence-corrected chi connectivity index (χ3v) is 5.52. The van der Waals surface area contributed by atoms with Crippen LogP contribution in [0.15, 0.2) is 50.8 Å². The lowest BCUT2D eigenvalue weighted by atomic mass is 10.0. The molecule has 0 radical (unpaired) electrons. The molecule has 0 fully saturated rings. The van der Waals surface area contributed by atoms with Crippen LogP contribution in [0.5, 0.6) is 0 Å². The molecule has 3 N–H and O–H groups in total. The van der Waals surface area contributed by atoms with Crippen molar-refractivity contribution in [3.05, 3.63) is 84.5 Å². The van der Waals surface area contributed by atoms with Crippen molar-refractivity contribution in [2.24, 2.45) is 0 Å². The summed E-state index contributed by atoms with van der Waals surface area (Å²) in [5.74, 6) is -0.181. The Hall–Kier alpha value is -4.34. The summed E-state index contributed by atoms with van der Waals surface area (Å²) < 4.78 is 1.39. The molecule has 3 aromatic heterocycles. The topological polar surface area (TPSA) is 143 Å². The van der Waals surface area contributed by atoms with Crippen molar-refractivity contribution in [1.29, 1.82) is 0 Å². The molecule has 1 amide bonds. The molecule has 10 heteroatoms. The van der Waals surface area contributed by atoms with Gasteiger partial charge in [-0.15, -0.1) is 0 Å². The number of benzene rings is 1. The van der Waals surface area contributed by atoms with Crippen LogP contribution in [-0.4, -0.2) is 30.4 Å². The van der Waals surface area contributed by atoms with Crippen molar-refractivity contribution in [2.45, 2.75) is 46.6 Å². The Morgan fingerprint density at radius 2 is 1.86 bits per heavy atom. The number of pyridine rings is 1. The second-order valence-electron chi connectivity index (χ2n) is 8.63. The first-order valence-electron chi connectivity index (χ1n) is 11.4. The molecular weight excluding hydrogens is 448 g/mol. The van der Waals surface area contributed by atoms with Crippen molar-refractivity contribution in [3.63, 3.8) is 0 Å². The van der Waals surface area contributed by atoms with Crippen LogP contribution in [0.1, 0.15) is 54.9 Å². The molecule has 0 aliphatic rings. The van der Waals surface area contributed by atoms with Crippen LogP contribution in [0.3, 0.4) is 0 Å². The summed E-state index contributed by atoms with van der Waals surface area (Å²) in [7, 11) is 0. The normalized spacial score (nSPS) is 11.2. The standard InChI is InChI=1S/C25H26N6O4/c1-5-9-31-22-20(24(34)30-25(31)35)17(12-18(28-22)13(2)3)23(33)27-16-8-6-7-15(11-16)21-26-14(4)10-19(32)29-21/h6-8,10-13H,5,9H2,1-4H3,(H,27,33)(H,26,29,32)(H,30,34,35). The third kappa shape index (κ3) is 4.81. The molecular formula is C25H26N6O4. The first-order valence-corrected chi connectivity index (χ1v) is 11.4. The minimum Gasteiger partial charge on any atom is -0.322 e. The number of nitrogens with one attached hydrogen (secondary N) is 3. The lowest BCUT2D eigenvalue weighted by molar-refractivity contribution is 0.102. The minimum atomic E-state index is -0.666. The molecule has 1 aromatic carbocycles. The van der Waals surface area contributed by atoms with E-state index in [1.807, 2.05) is 20.8 Å². The number of hydrogen-bond donors (Lipinski definition) is 3. The van der Waals surface area contributed by atoms with Crippen LogP contribution in [0.25, 0.3) is 22.4 Å². The summed E-state index contributed by atoms with van der Waals surface area (Å²) in [4.78, 5) is 64.4. The molecule has 0 bridgehead atoms. The van der Waals surface area contributed by atoms with E-state index in [9.17, 15) is 19.2 Å². The van der Waals surface area contributed by atoms with Gasteiger partial charge in [-0.25, -0.2) is 14.8 Å². The van der Waals surface area contributed by atoms with E-state index in [0.29, 0.717) is 41.4 Å². The minimum absolute atomic E-state index is 0.0389. The highest BCUT2D eigenvalue weighted by Gasteiger charge is 2.20. The van der Waals surface area contributed by atoms with Gasteiger partial charge in [0.05, 0.1) is 10.9 Å². The van der Waals surface area contributed by atoms with Crippen LogP contribution in [0, 0.1) is 6.92 Å². The lowest BCUT2D eigenvalue weighted by Gasteiger charge is -2.15. The zero-order valence-corrected chi connectivity index (χ0v) is 19.9. The number of amides is 1. The van der Waals surface area contributed by atoms with Gasteiger partial charge in [0.25, 0.3) is 17.0 Å². The molecule has 0 spiro atoms. The van der Waals surface area contributed by atoms with Gasteiger partial charge >= 0.3 is 5.69 Å². The number of aromatic amines is 2. The second kappa shape index (κ2) is 9.49. The van der Waals surface area contributed by atoms with E-state index in [-0.39, 0.29) is 28.1 Å². The fraction of sp³-hybridized carbons (Fsp3) is 0.280. The molecule has 0 atom stereocenters. The van der Waals surface area contributed by atoms with Gasteiger partial charge in [0, 0.05) is 35.2 Å². The summed E-state index contributed by atoms with van der Waals surface area (Å²) in [6.45, 7) is 7.83. The Morgan fingerprint density at radius 3 is 2.54 bits per heavy atom. The SMILES string of the molecule is CCCn1c(=O)[nH]c(=O)c2c(C(=O)Nc3cccc(-c4nc(C)cc(=O)[nH]4)c3)cc(C(C)C)nc21. The molecule has 0 unspecified atom stereocenters. The van der Waals surface area contributed by atoms with Gasteiger partial charge in [-0.3, -0.25) is 23.9 Å². The predicted molar refractivity (Wildman–Crippen MR) is 134 cm³/mol. The summed E-state index contributed by atoms with van der Waals surface area (Å²) in [6.07, 6.45) is 0.651. The smallest absolute Gasteiger partial charge is 0.322 e. The zero-order valence-electron chi connectivity index (χ0n) is 19.9. The van der Waals surface area contributed by atoms with Crippen molar-refractivity contribution in [1.82, 2.24) is 24.5 Å². The maximum atomic E-state index is 13.4. The molecule has 4 aromatic rings. The predicted octanol–water partition coefficient (Wildman–Crippen LogP) is 2.93. The lowest BCUT2D eigenvalue weighted by Crippen LogP contribution is -2.32. The average molecular weight is 475 g/mol. The highest BCUT2D eigenvalue weighted by Crippen LogP contribution is 2.23. The van der Waals surface area contributed by atoms with Crippen LogP contribution in [-0.2, 0) is 6.54 Å². The molecule has 0 saturated carbocycles. The third-order valence-electron chi connectivity index (χ3n) is 5.52. The molecule has 0 saturated heterocycles. The van der Waals surface area contributed by atoms with Gasteiger partial charge in [-0.1, -0.05) is 32.9 Å². The van der Waals surface area contributed by atoms with Crippen LogP contribution < -0.4 is 22.1 Å². The molecule has 0 aliphatic carbocycles.